The largest absolute Gasteiger partial charge is 0.452 e. The quantitative estimate of drug-likeness (QED) is 0.593. The molecule has 1 amide bonds. The van der Waals surface area contributed by atoms with Crippen molar-refractivity contribution >= 4 is 17.7 Å². The van der Waals surface area contributed by atoms with Crippen LogP contribution in [-0.4, -0.2) is 30.3 Å². The molecule has 2 aromatic rings. The van der Waals surface area contributed by atoms with E-state index in [1.54, 1.807) is 36.4 Å². The van der Waals surface area contributed by atoms with Crippen molar-refractivity contribution in [3.8, 4) is 0 Å². The van der Waals surface area contributed by atoms with Gasteiger partial charge in [-0.2, -0.15) is 0 Å². The van der Waals surface area contributed by atoms with Crippen LogP contribution in [0.3, 0.4) is 0 Å². The number of nitrogens with one attached hydrogen (secondary N) is 1. The van der Waals surface area contributed by atoms with E-state index in [1.165, 1.54) is 6.42 Å². The summed E-state index contributed by atoms with van der Waals surface area (Å²) in [6.45, 7) is 3.72. The molecule has 0 aliphatic heterocycles. The van der Waals surface area contributed by atoms with Crippen molar-refractivity contribution in [3.63, 3.8) is 0 Å². The maximum Gasteiger partial charge on any atom is 0.339 e. The van der Waals surface area contributed by atoms with Crippen LogP contribution in [0, 0.1) is 12.8 Å². The van der Waals surface area contributed by atoms with Crippen LogP contribution in [0.2, 0.25) is 0 Å². The van der Waals surface area contributed by atoms with Crippen LogP contribution in [0.4, 0.5) is 0 Å². The number of carbonyl (C=O) groups is 3. The average molecular weight is 393 g/mol. The maximum atomic E-state index is 12.8. The first-order valence-electron chi connectivity index (χ1n) is 10.1. The van der Waals surface area contributed by atoms with Gasteiger partial charge in [-0.25, -0.2) is 4.79 Å². The molecule has 2 aromatic carbocycles. The van der Waals surface area contributed by atoms with E-state index < -0.39 is 5.97 Å². The molecule has 0 aromatic heterocycles. The highest BCUT2D eigenvalue weighted by molar-refractivity contribution is 6.14. The first kappa shape index (κ1) is 20.8. The summed E-state index contributed by atoms with van der Waals surface area (Å²) in [6, 6.07) is 13.8. The number of rotatable bonds is 6. The third-order valence-corrected chi connectivity index (χ3v) is 5.50. The molecule has 152 valence electrons. The number of carbonyl (C=O) groups excluding carboxylic acids is 3. The van der Waals surface area contributed by atoms with E-state index in [-0.39, 0.29) is 35.5 Å². The molecule has 1 N–H and O–H groups in total. The Bertz CT molecular complexity index is 888. The topological polar surface area (TPSA) is 72.5 Å². The lowest BCUT2D eigenvalue weighted by Crippen LogP contribution is -2.42. The smallest absolute Gasteiger partial charge is 0.339 e. The zero-order valence-corrected chi connectivity index (χ0v) is 16.9. The Hall–Kier alpha value is -2.95. The SMILES string of the molecule is Cc1ccc(C(=O)c2ccccc2C(=O)OCC(=O)N[C@@H]2CCCC[C@H]2C)cc1. The molecule has 0 spiro atoms. The fourth-order valence-electron chi connectivity index (χ4n) is 3.71. The molecule has 5 heteroatoms. The standard InChI is InChI=1S/C24H27NO4/c1-16-11-13-18(14-12-16)23(27)19-8-4-5-9-20(19)24(28)29-15-22(26)25-21-10-6-3-7-17(21)2/h4-5,8-9,11-14,17,21H,3,6-7,10,15H2,1-2H3,(H,25,26)/t17-,21-/m1/s1. The van der Waals surface area contributed by atoms with Gasteiger partial charge in [0.2, 0.25) is 0 Å². The molecule has 2 atom stereocenters. The summed E-state index contributed by atoms with van der Waals surface area (Å²) in [6.07, 6.45) is 4.34. The van der Waals surface area contributed by atoms with Crippen LogP contribution in [0.25, 0.3) is 0 Å². The monoisotopic (exact) mass is 393 g/mol. The molecule has 0 bridgehead atoms. The Labute approximate surface area is 171 Å². The number of hydrogen-bond donors (Lipinski definition) is 1. The highest BCUT2D eigenvalue weighted by Crippen LogP contribution is 2.23. The number of amides is 1. The molecule has 1 saturated carbocycles. The van der Waals surface area contributed by atoms with Crippen LogP contribution in [0.5, 0.6) is 0 Å². The minimum Gasteiger partial charge on any atom is -0.452 e. The molecule has 1 fully saturated rings. The molecule has 1 aliphatic carbocycles. The Morgan fingerprint density at radius 1 is 0.966 bits per heavy atom. The van der Waals surface area contributed by atoms with Gasteiger partial charge < -0.3 is 10.1 Å². The van der Waals surface area contributed by atoms with E-state index in [2.05, 4.69) is 12.2 Å². The van der Waals surface area contributed by atoms with Gasteiger partial charge >= 0.3 is 5.97 Å². The summed E-state index contributed by atoms with van der Waals surface area (Å²) in [5.74, 6) is -0.804. The van der Waals surface area contributed by atoms with Crippen molar-refractivity contribution in [2.45, 2.75) is 45.6 Å². The van der Waals surface area contributed by atoms with Crippen LogP contribution in [0.1, 0.15) is 64.4 Å². The average Bonchev–Trinajstić information content (AvgIpc) is 2.74. The number of ether oxygens (including phenoxy) is 1. The maximum absolute atomic E-state index is 12.8. The second kappa shape index (κ2) is 9.50. The van der Waals surface area contributed by atoms with Crippen LogP contribution >= 0.6 is 0 Å². The molecule has 29 heavy (non-hydrogen) atoms. The highest BCUT2D eigenvalue weighted by atomic mass is 16.5. The minimum absolute atomic E-state index is 0.130. The van der Waals surface area contributed by atoms with Crippen molar-refractivity contribution in [2.75, 3.05) is 6.61 Å². The van der Waals surface area contributed by atoms with E-state index in [4.69, 9.17) is 4.74 Å². The van der Waals surface area contributed by atoms with E-state index in [9.17, 15) is 14.4 Å². The van der Waals surface area contributed by atoms with Gasteiger partial charge in [0.25, 0.3) is 5.91 Å². The van der Waals surface area contributed by atoms with E-state index in [0.717, 1.165) is 24.8 Å². The Balaban J connectivity index is 1.64. The highest BCUT2D eigenvalue weighted by Gasteiger charge is 2.24. The first-order valence-corrected chi connectivity index (χ1v) is 10.1. The van der Waals surface area contributed by atoms with Crippen molar-refractivity contribution in [1.29, 1.82) is 0 Å². The molecule has 0 radical (unpaired) electrons. The summed E-state index contributed by atoms with van der Waals surface area (Å²) < 4.78 is 5.21. The third kappa shape index (κ3) is 5.31. The molecule has 0 saturated heterocycles. The third-order valence-electron chi connectivity index (χ3n) is 5.50. The number of hydrogen-bond acceptors (Lipinski definition) is 4. The minimum atomic E-state index is -0.673. The Morgan fingerprint density at radius 3 is 2.31 bits per heavy atom. The summed E-state index contributed by atoms with van der Waals surface area (Å²) in [5, 5.41) is 2.96. The van der Waals surface area contributed by atoms with Crippen molar-refractivity contribution in [3.05, 3.63) is 70.8 Å². The number of esters is 1. The second-order valence-electron chi connectivity index (χ2n) is 7.75. The lowest BCUT2D eigenvalue weighted by Gasteiger charge is -2.29. The van der Waals surface area contributed by atoms with Crippen LogP contribution in [-0.2, 0) is 9.53 Å². The molecular weight excluding hydrogens is 366 g/mol. The normalized spacial score (nSPS) is 18.7. The number of ketones is 1. The Kier molecular flexibility index (Phi) is 6.81. The van der Waals surface area contributed by atoms with Gasteiger partial charge in [-0.3, -0.25) is 9.59 Å². The number of benzene rings is 2. The molecule has 0 unspecified atom stereocenters. The van der Waals surface area contributed by atoms with E-state index in [0.29, 0.717) is 11.5 Å². The predicted octanol–water partition coefficient (Wildman–Crippen LogP) is 4.08. The summed E-state index contributed by atoms with van der Waals surface area (Å²) in [7, 11) is 0. The lowest BCUT2D eigenvalue weighted by molar-refractivity contribution is -0.125. The van der Waals surface area contributed by atoms with Gasteiger partial charge in [0.1, 0.15) is 0 Å². The predicted molar refractivity (Wildman–Crippen MR) is 111 cm³/mol. The zero-order valence-electron chi connectivity index (χ0n) is 16.9. The Morgan fingerprint density at radius 2 is 1.62 bits per heavy atom. The van der Waals surface area contributed by atoms with Crippen molar-refractivity contribution < 1.29 is 19.1 Å². The fraction of sp³-hybridized carbons (Fsp3) is 0.375. The lowest BCUT2D eigenvalue weighted by atomic mass is 9.86. The zero-order chi connectivity index (χ0) is 20.8. The van der Waals surface area contributed by atoms with Crippen molar-refractivity contribution in [1.82, 2.24) is 5.32 Å². The van der Waals surface area contributed by atoms with Gasteiger partial charge in [-0.15, -0.1) is 0 Å². The van der Waals surface area contributed by atoms with Gasteiger partial charge in [0.05, 0.1) is 5.56 Å². The molecule has 0 heterocycles. The number of aryl methyl sites for hydroxylation is 1. The second-order valence-corrected chi connectivity index (χ2v) is 7.75. The van der Waals surface area contributed by atoms with Gasteiger partial charge in [-0.05, 0) is 31.7 Å². The van der Waals surface area contributed by atoms with Crippen LogP contribution in [0.15, 0.2) is 48.5 Å². The van der Waals surface area contributed by atoms with Gasteiger partial charge in [-0.1, -0.05) is 67.8 Å². The summed E-state index contributed by atoms with van der Waals surface area (Å²) >= 11 is 0. The molecule has 3 rings (SSSR count). The molecule has 1 aliphatic rings. The van der Waals surface area contributed by atoms with Gasteiger partial charge in [0, 0.05) is 17.2 Å². The molecule has 5 nitrogen and oxygen atoms in total. The summed E-state index contributed by atoms with van der Waals surface area (Å²) in [4.78, 5) is 37.6. The van der Waals surface area contributed by atoms with E-state index in [1.807, 2.05) is 19.1 Å². The van der Waals surface area contributed by atoms with Gasteiger partial charge in [0.15, 0.2) is 12.4 Å². The fourth-order valence-corrected chi connectivity index (χ4v) is 3.71. The van der Waals surface area contributed by atoms with E-state index >= 15 is 0 Å². The molecular formula is C24H27NO4. The first-order chi connectivity index (χ1) is 14.0. The van der Waals surface area contributed by atoms with Crippen molar-refractivity contribution in [2.24, 2.45) is 5.92 Å². The summed E-state index contributed by atoms with van der Waals surface area (Å²) in [5.41, 5.74) is 1.98. The van der Waals surface area contributed by atoms with Crippen LogP contribution < -0.4 is 5.32 Å².